The number of aromatic amines is 1. The van der Waals surface area contributed by atoms with Gasteiger partial charge in [0.1, 0.15) is 22.9 Å². The third-order valence-corrected chi connectivity index (χ3v) is 13.5. The summed E-state index contributed by atoms with van der Waals surface area (Å²) < 4.78 is 0. The molecule has 2 aliphatic rings. The molecule has 0 saturated carbocycles. The number of H-pyrrole nitrogens is 1. The van der Waals surface area contributed by atoms with E-state index in [4.69, 9.17) is 33.0 Å². The van der Waals surface area contributed by atoms with Gasteiger partial charge in [0.15, 0.2) is 0 Å². The Balaban J connectivity index is 1.30. The summed E-state index contributed by atoms with van der Waals surface area (Å²) in [5, 5.41) is 11.9. The van der Waals surface area contributed by atoms with Gasteiger partial charge in [-0.3, -0.25) is 14.4 Å². The van der Waals surface area contributed by atoms with Gasteiger partial charge in [0, 0.05) is 87.1 Å². The van der Waals surface area contributed by atoms with E-state index in [0.29, 0.717) is 61.8 Å². The van der Waals surface area contributed by atoms with Crippen LogP contribution in [0.3, 0.4) is 0 Å². The van der Waals surface area contributed by atoms with E-state index in [1.807, 2.05) is 60.9 Å². The van der Waals surface area contributed by atoms with Crippen molar-refractivity contribution in [1.29, 1.82) is 0 Å². The Hall–Kier alpha value is -5.03. The molecular formula is C46H58ClN11O3S. The van der Waals surface area contributed by atoms with Gasteiger partial charge in [-0.15, -0.1) is 0 Å². The molecular weight excluding hydrogens is 822 g/mol. The van der Waals surface area contributed by atoms with Gasteiger partial charge in [-0.1, -0.05) is 47.6 Å². The highest BCUT2D eigenvalue weighted by atomic mass is 35.5. The highest BCUT2D eigenvalue weighted by molar-refractivity contribution is 7.99. The topological polar surface area (TPSA) is 191 Å². The predicted molar refractivity (Wildman–Crippen MR) is 247 cm³/mol. The Morgan fingerprint density at radius 2 is 1.60 bits per heavy atom. The normalized spacial score (nSPS) is 19.8. The number of carbonyl (C=O) groups is 3. The molecule has 0 aliphatic carbocycles. The molecule has 2 aromatic carbocycles. The van der Waals surface area contributed by atoms with Crippen LogP contribution < -0.4 is 32.3 Å². The predicted octanol–water partition coefficient (Wildman–Crippen LogP) is 4.69. The fraction of sp³-hybridized carbons (Fsp3) is 0.413. The summed E-state index contributed by atoms with van der Waals surface area (Å²) in [7, 11) is 3.77. The first-order valence-corrected chi connectivity index (χ1v) is 22.7. The standard InChI is InChI=1S/C46H58ClN11O3S/c1-56-19-21-58(22-20-56)41-26-30(14-18-50-41)32-23-34-29-54-44(60)40(25-33-28-52-37-11-4-3-10-35(33)37)57(2)46(61)39(12-5-6-15-48)55-43(59)38(13-7-16-49)53-27-31-9-8-17-51-45(31)62-42(34)36(47)24-32/h3-4,8-11,14,17-18,23-24,26,28,38-40,52-53H,5-7,12-13,15-16,19-22,25,27,29,48-49H2,1-2H3,(H,54,60)(H,55,59)/t38-,39-,40-/m0/s1. The number of nitrogens with two attached hydrogens (primary N) is 2. The monoisotopic (exact) mass is 879 g/mol. The Morgan fingerprint density at radius 3 is 2.40 bits per heavy atom. The lowest BCUT2D eigenvalue weighted by atomic mass is 10.0. The molecule has 1 saturated heterocycles. The van der Waals surface area contributed by atoms with Gasteiger partial charge in [0.2, 0.25) is 17.7 Å². The van der Waals surface area contributed by atoms with Crippen LogP contribution in [0.1, 0.15) is 48.8 Å². The molecule has 2 aliphatic heterocycles. The zero-order chi connectivity index (χ0) is 43.6. The Morgan fingerprint density at radius 1 is 0.806 bits per heavy atom. The lowest BCUT2D eigenvalue weighted by Gasteiger charge is -2.33. The fourth-order valence-electron chi connectivity index (χ4n) is 8.13. The van der Waals surface area contributed by atoms with Crippen molar-refractivity contribution >= 4 is 57.8 Å². The smallest absolute Gasteiger partial charge is 0.245 e. The summed E-state index contributed by atoms with van der Waals surface area (Å²) in [4.78, 5) is 63.2. The number of para-hydroxylation sites is 1. The summed E-state index contributed by atoms with van der Waals surface area (Å²) in [5.74, 6) is -0.120. The molecule has 0 spiro atoms. The van der Waals surface area contributed by atoms with Gasteiger partial charge in [-0.25, -0.2) is 9.97 Å². The maximum atomic E-state index is 14.8. The van der Waals surface area contributed by atoms with Gasteiger partial charge in [-0.2, -0.15) is 0 Å². The minimum Gasteiger partial charge on any atom is -0.361 e. The maximum Gasteiger partial charge on any atom is 0.245 e. The first-order valence-electron chi connectivity index (χ1n) is 21.5. The number of nitrogens with zero attached hydrogens (tertiary/aromatic N) is 5. The molecule has 62 heavy (non-hydrogen) atoms. The van der Waals surface area contributed by atoms with Crippen molar-refractivity contribution in [3.8, 4) is 11.1 Å². The number of halogens is 1. The van der Waals surface area contributed by atoms with Crippen molar-refractivity contribution in [2.45, 2.75) is 79.7 Å². The zero-order valence-electron chi connectivity index (χ0n) is 35.5. The molecule has 1 fully saturated rings. The second kappa shape index (κ2) is 21.4. The van der Waals surface area contributed by atoms with E-state index in [0.717, 1.165) is 75.6 Å². The number of fused-ring (bicyclic) bond motifs is 3. The fourth-order valence-corrected chi connectivity index (χ4v) is 9.49. The molecule has 16 heteroatoms. The molecule has 3 amide bonds. The van der Waals surface area contributed by atoms with Crippen LogP contribution in [0.15, 0.2) is 89.2 Å². The van der Waals surface area contributed by atoms with Crippen LogP contribution in [0.4, 0.5) is 5.82 Å². The number of likely N-dealkylation sites (N-methyl/N-ethyl adjacent to an activating group) is 2. The van der Waals surface area contributed by atoms with E-state index < -0.39 is 18.1 Å². The number of rotatable bonds is 11. The number of aromatic nitrogens is 3. The molecule has 0 bridgehead atoms. The number of pyridine rings is 2. The number of unbranched alkanes of at least 4 members (excludes halogenated alkanes) is 1. The Bertz CT molecular complexity index is 2330. The first kappa shape index (κ1) is 45.0. The van der Waals surface area contributed by atoms with E-state index in [1.54, 1.807) is 13.2 Å². The molecule has 0 unspecified atom stereocenters. The highest BCUT2D eigenvalue weighted by Crippen LogP contribution is 2.40. The number of hydrogen-bond donors (Lipinski definition) is 6. The maximum absolute atomic E-state index is 14.8. The number of piperazine rings is 1. The molecule has 7 rings (SSSR count). The number of benzene rings is 2. The van der Waals surface area contributed by atoms with Crippen LogP contribution in [0.25, 0.3) is 22.0 Å². The lowest BCUT2D eigenvalue weighted by Crippen LogP contribution is -2.57. The van der Waals surface area contributed by atoms with Gasteiger partial charge < -0.3 is 47.1 Å². The molecule has 328 valence electrons. The second-order valence-corrected chi connectivity index (χ2v) is 17.6. The number of amides is 3. The minimum absolute atomic E-state index is 0.121. The largest absolute Gasteiger partial charge is 0.361 e. The number of carbonyl (C=O) groups excluding carboxylic acids is 3. The lowest BCUT2D eigenvalue weighted by molar-refractivity contribution is -0.142. The Kier molecular flexibility index (Phi) is 15.5. The average molecular weight is 881 g/mol. The third kappa shape index (κ3) is 10.9. The van der Waals surface area contributed by atoms with Crippen molar-refractivity contribution in [2.24, 2.45) is 11.5 Å². The van der Waals surface area contributed by atoms with Crippen LogP contribution in [-0.2, 0) is 33.9 Å². The SMILES string of the molecule is CN1CCN(c2cc(-c3cc(Cl)c4c(c3)CNC(=O)[C@H](Cc3c[nH]c5ccccc35)N(C)C(=O)[C@H](CCCCN)NC(=O)[C@H](CCCN)NCc3cccnc3S4)ccn2)CC1. The minimum atomic E-state index is -0.930. The van der Waals surface area contributed by atoms with E-state index in [2.05, 4.69) is 49.9 Å². The van der Waals surface area contributed by atoms with Crippen molar-refractivity contribution < 1.29 is 14.4 Å². The van der Waals surface area contributed by atoms with Gasteiger partial charge in [0.25, 0.3) is 0 Å². The molecule has 3 atom stereocenters. The van der Waals surface area contributed by atoms with Crippen LogP contribution in [-0.4, -0.2) is 114 Å². The zero-order valence-corrected chi connectivity index (χ0v) is 37.1. The summed E-state index contributed by atoms with van der Waals surface area (Å²) in [5.41, 5.74) is 17.1. The molecule has 5 aromatic rings. The summed E-state index contributed by atoms with van der Waals surface area (Å²) in [6, 6.07) is 17.3. The van der Waals surface area contributed by atoms with Gasteiger partial charge in [-0.05, 0) is 116 Å². The molecule has 3 aromatic heterocycles. The quantitative estimate of drug-likeness (QED) is 0.101. The summed E-state index contributed by atoms with van der Waals surface area (Å²) >= 11 is 8.69. The van der Waals surface area contributed by atoms with E-state index in [9.17, 15) is 14.4 Å². The van der Waals surface area contributed by atoms with Crippen LogP contribution >= 0.6 is 23.4 Å². The van der Waals surface area contributed by atoms with E-state index in [-0.39, 0.29) is 30.7 Å². The number of anilines is 1. The highest BCUT2D eigenvalue weighted by Gasteiger charge is 2.34. The number of hydrogen-bond acceptors (Lipinski definition) is 11. The van der Waals surface area contributed by atoms with Gasteiger partial charge >= 0.3 is 0 Å². The molecule has 5 heterocycles. The molecule has 0 radical (unpaired) electrons. The van der Waals surface area contributed by atoms with E-state index in [1.165, 1.54) is 16.7 Å². The van der Waals surface area contributed by atoms with Crippen molar-refractivity contribution in [1.82, 2.24) is 40.7 Å². The van der Waals surface area contributed by atoms with Crippen molar-refractivity contribution in [3.05, 3.63) is 101 Å². The van der Waals surface area contributed by atoms with Crippen molar-refractivity contribution in [3.63, 3.8) is 0 Å². The third-order valence-electron chi connectivity index (χ3n) is 11.8. The van der Waals surface area contributed by atoms with Gasteiger partial charge in [0.05, 0.1) is 11.1 Å². The molecule has 14 nitrogen and oxygen atoms in total. The summed E-state index contributed by atoms with van der Waals surface area (Å²) in [6.45, 7) is 4.97. The van der Waals surface area contributed by atoms with E-state index >= 15 is 0 Å². The average Bonchev–Trinajstić information content (AvgIpc) is 3.70. The van der Waals surface area contributed by atoms with Crippen LogP contribution in [0, 0.1) is 0 Å². The number of nitrogens with one attached hydrogen (secondary N) is 4. The summed E-state index contributed by atoms with van der Waals surface area (Å²) in [6.07, 6.45) is 8.39. The molecule has 8 N–H and O–H groups in total. The second-order valence-electron chi connectivity index (χ2n) is 16.2. The first-order chi connectivity index (χ1) is 30.1. The Labute approximate surface area is 372 Å². The van der Waals surface area contributed by atoms with Crippen LogP contribution in [0.2, 0.25) is 5.02 Å². The van der Waals surface area contributed by atoms with Crippen molar-refractivity contribution in [2.75, 3.05) is 58.3 Å². The van der Waals surface area contributed by atoms with Crippen LogP contribution in [0.5, 0.6) is 0 Å².